The largest absolute Gasteiger partial charge is 0.460 e. The van der Waals surface area contributed by atoms with Crippen molar-refractivity contribution in [3.05, 3.63) is 54.6 Å². The van der Waals surface area contributed by atoms with Gasteiger partial charge in [-0.05, 0) is 29.9 Å². The number of allylic oxidation sites excluding steroid dienone is 1. The van der Waals surface area contributed by atoms with Crippen molar-refractivity contribution < 1.29 is 22.7 Å². The molecule has 7 heteroatoms. The Balaban J connectivity index is 2.04. The fourth-order valence-electron chi connectivity index (χ4n) is 3.71. The van der Waals surface area contributed by atoms with Crippen LogP contribution in [0.3, 0.4) is 0 Å². The number of carbonyl (C=O) groups excluding carboxylic acids is 2. The van der Waals surface area contributed by atoms with Crippen LogP contribution in [0.2, 0.25) is 0 Å². The van der Waals surface area contributed by atoms with Gasteiger partial charge in [0.1, 0.15) is 6.10 Å². The van der Waals surface area contributed by atoms with Crippen LogP contribution in [-0.4, -0.2) is 38.2 Å². The number of carbonyl (C=O) groups is 2. The first-order valence-corrected chi connectivity index (χ1v) is 12.4. The number of cyclic esters (lactones) is 1. The van der Waals surface area contributed by atoms with Crippen LogP contribution in [0.1, 0.15) is 44.7 Å². The van der Waals surface area contributed by atoms with Crippen LogP contribution in [-0.2, 0) is 29.9 Å². The highest BCUT2D eigenvalue weighted by atomic mass is 32.2. The molecule has 5 atom stereocenters. The summed E-state index contributed by atoms with van der Waals surface area (Å²) >= 11 is 0. The molecule has 0 aliphatic carbocycles. The fourth-order valence-corrected chi connectivity index (χ4v) is 5.43. The summed E-state index contributed by atoms with van der Waals surface area (Å²) in [4.78, 5) is 24.6. The normalized spacial score (nSPS) is 21.6. The maximum absolute atomic E-state index is 12.8. The van der Waals surface area contributed by atoms with Crippen molar-refractivity contribution in [2.45, 2.75) is 51.5 Å². The summed E-state index contributed by atoms with van der Waals surface area (Å²) < 4.78 is 30.8. The molecule has 0 aromatic heterocycles. The lowest BCUT2D eigenvalue weighted by Gasteiger charge is -2.27. The zero-order valence-corrected chi connectivity index (χ0v) is 19.4. The SMILES string of the molecule is C=Cc1cccc(CS(=O)(=O)C[C@@H](C)C(=O)N[C@@H](C[C@H](C)C=C)[C@@H]2C[C@@H](C)C(=O)O2)c1. The van der Waals surface area contributed by atoms with E-state index in [4.69, 9.17) is 4.74 Å². The molecule has 0 saturated carbocycles. The van der Waals surface area contributed by atoms with Crippen molar-refractivity contribution in [2.75, 3.05) is 5.75 Å². The van der Waals surface area contributed by atoms with Crippen molar-refractivity contribution in [3.63, 3.8) is 0 Å². The van der Waals surface area contributed by atoms with E-state index in [0.29, 0.717) is 18.4 Å². The molecule has 31 heavy (non-hydrogen) atoms. The summed E-state index contributed by atoms with van der Waals surface area (Å²) in [6.07, 6.45) is 4.12. The van der Waals surface area contributed by atoms with Gasteiger partial charge in [-0.2, -0.15) is 0 Å². The maximum atomic E-state index is 12.8. The summed E-state index contributed by atoms with van der Waals surface area (Å²) in [6, 6.07) is 6.77. The Labute approximate surface area is 185 Å². The lowest BCUT2D eigenvalue weighted by Crippen LogP contribution is -2.47. The smallest absolute Gasteiger partial charge is 0.309 e. The van der Waals surface area contributed by atoms with Crippen molar-refractivity contribution in [1.29, 1.82) is 0 Å². The van der Waals surface area contributed by atoms with E-state index in [-0.39, 0.29) is 41.3 Å². The third-order valence-corrected chi connectivity index (χ3v) is 7.37. The summed E-state index contributed by atoms with van der Waals surface area (Å²) in [5.41, 5.74) is 1.51. The highest BCUT2D eigenvalue weighted by molar-refractivity contribution is 7.90. The van der Waals surface area contributed by atoms with Gasteiger partial charge in [-0.25, -0.2) is 8.42 Å². The second-order valence-corrected chi connectivity index (χ2v) is 10.7. The van der Waals surface area contributed by atoms with Crippen molar-refractivity contribution >= 4 is 27.8 Å². The Morgan fingerprint density at radius 1 is 1.32 bits per heavy atom. The summed E-state index contributed by atoms with van der Waals surface area (Å²) in [6.45, 7) is 12.8. The minimum atomic E-state index is -3.50. The molecule has 0 radical (unpaired) electrons. The van der Waals surface area contributed by atoms with Crippen LogP contribution >= 0.6 is 0 Å². The standard InChI is InChI=1S/C24H33NO5S/c1-6-16(3)11-21(22-12-17(4)24(27)30-22)25-23(26)18(5)14-31(28,29)15-20-10-8-9-19(7-2)13-20/h6-10,13,16-18,21-22H,1-2,11-12,14-15H2,3-5H3,(H,25,26)/t16-,17-,18-,21+,22+/m1/s1. The second-order valence-electron chi connectivity index (χ2n) is 8.58. The molecule has 170 valence electrons. The Bertz CT molecular complexity index is 924. The lowest BCUT2D eigenvalue weighted by molar-refractivity contribution is -0.145. The zero-order valence-electron chi connectivity index (χ0n) is 18.5. The predicted molar refractivity (Wildman–Crippen MR) is 123 cm³/mol. The number of hydrogen-bond donors (Lipinski definition) is 1. The molecule has 0 bridgehead atoms. The number of ether oxygens (including phenoxy) is 1. The predicted octanol–water partition coefficient (Wildman–Crippen LogP) is 3.53. The van der Waals surface area contributed by atoms with E-state index in [2.05, 4.69) is 18.5 Å². The van der Waals surface area contributed by atoms with Gasteiger partial charge in [0.25, 0.3) is 0 Å². The molecule has 0 unspecified atom stereocenters. The van der Waals surface area contributed by atoms with E-state index in [1.165, 1.54) is 0 Å². The van der Waals surface area contributed by atoms with Crippen molar-refractivity contribution in [2.24, 2.45) is 17.8 Å². The van der Waals surface area contributed by atoms with Gasteiger partial charge in [-0.15, -0.1) is 6.58 Å². The average Bonchev–Trinajstić information content (AvgIpc) is 3.05. The number of hydrogen-bond acceptors (Lipinski definition) is 5. The minimum absolute atomic E-state index is 0.107. The Kier molecular flexibility index (Phi) is 8.62. The number of rotatable bonds is 11. The van der Waals surface area contributed by atoms with Crippen LogP contribution in [0.4, 0.5) is 0 Å². The van der Waals surface area contributed by atoms with Gasteiger partial charge in [0.05, 0.1) is 23.5 Å². The fraction of sp³-hybridized carbons (Fsp3) is 0.500. The monoisotopic (exact) mass is 447 g/mol. The molecule has 2 rings (SSSR count). The highest BCUT2D eigenvalue weighted by Crippen LogP contribution is 2.26. The van der Waals surface area contributed by atoms with Gasteiger partial charge in [-0.1, -0.05) is 63.8 Å². The van der Waals surface area contributed by atoms with Crippen molar-refractivity contribution in [1.82, 2.24) is 5.32 Å². The van der Waals surface area contributed by atoms with E-state index >= 15 is 0 Å². The third-order valence-electron chi connectivity index (χ3n) is 5.59. The lowest BCUT2D eigenvalue weighted by atomic mass is 9.93. The molecule has 1 aromatic carbocycles. The molecule has 1 fully saturated rings. The number of benzene rings is 1. The molecule has 0 spiro atoms. The van der Waals surface area contributed by atoms with E-state index < -0.39 is 21.9 Å². The topological polar surface area (TPSA) is 89.5 Å². The average molecular weight is 448 g/mol. The third kappa shape index (κ3) is 7.35. The minimum Gasteiger partial charge on any atom is -0.460 e. The van der Waals surface area contributed by atoms with Crippen LogP contribution in [0.25, 0.3) is 6.08 Å². The Hall–Kier alpha value is -2.41. The summed E-state index contributed by atoms with van der Waals surface area (Å²) in [5, 5.41) is 2.93. The molecule has 1 amide bonds. The van der Waals surface area contributed by atoms with Gasteiger partial charge in [0.2, 0.25) is 5.91 Å². The first kappa shape index (κ1) is 24.9. The molecule has 1 N–H and O–H groups in total. The molecule has 1 aromatic rings. The summed E-state index contributed by atoms with van der Waals surface area (Å²) in [5.74, 6) is -1.87. The van der Waals surface area contributed by atoms with Crippen LogP contribution < -0.4 is 5.32 Å². The van der Waals surface area contributed by atoms with Gasteiger partial charge in [0, 0.05) is 5.92 Å². The zero-order chi connectivity index (χ0) is 23.2. The van der Waals surface area contributed by atoms with E-state index in [9.17, 15) is 18.0 Å². The summed E-state index contributed by atoms with van der Waals surface area (Å²) in [7, 11) is -3.50. The first-order valence-electron chi connectivity index (χ1n) is 10.6. The van der Waals surface area contributed by atoms with Gasteiger partial charge in [0.15, 0.2) is 9.84 Å². The van der Waals surface area contributed by atoms with Crippen LogP contribution in [0, 0.1) is 17.8 Å². The van der Waals surface area contributed by atoms with Crippen LogP contribution in [0.15, 0.2) is 43.5 Å². The van der Waals surface area contributed by atoms with E-state index in [1.54, 1.807) is 44.2 Å². The van der Waals surface area contributed by atoms with Gasteiger partial charge in [-0.3, -0.25) is 9.59 Å². The number of nitrogens with one attached hydrogen (secondary N) is 1. The first-order chi connectivity index (χ1) is 14.5. The molecule has 1 heterocycles. The van der Waals surface area contributed by atoms with Gasteiger partial charge < -0.3 is 10.1 Å². The number of amides is 1. The second kappa shape index (κ2) is 10.8. The Morgan fingerprint density at radius 2 is 2.03 bits per heavy atom. The van der Waals surface area contributed by atoms with Gasteiger partial charge >= 0.3 is 5.97 Å². The number of esters is 1. The molecule has 1 aliphatic rings. The van der Waals surface area contributed by atoms with Crippen molar-refractivity contribution in [3.8, 4) is 0 Å². The quantitative estimate of drug-likeness (QED) is 0.414. The molecular formula is C24H33NO5S. The maximum Gasteiger partial charge on any atom is 0.309 e. The Morgan fingerprint density at radius 3 is 2.61 bits per heavy atom. The van der Waals surface area contributed by atoms with E-state index in [1.807, 2.05) is 13.0 Å². The molecule has 1 aliphatic heterocycles. The van der Waals surface area contributed by atoms with Crippen LogP contribution in [0.5, 0.6) is 0 Å². The molecular weight excluding hydrogens is 414 g/mol. The number of sulfone groups is 1. The highest BCUT2D eigenvalue weighted by Gasteiger charge is 2.38. The van der Waals surface area contributed by atoms with E-state index in [0.717, 1.165) is 5.56 Å². The molecule has 6 nitrogen and oxygen atoms in total. The molecule has 1 saturated heterocycles.